The van der Waals surface area contributed by atoms with Gasteiger partial charge < -0.3 is 10.0 Å². The Bertz CT molecular complexity index is 1030. The van der Waals surface area contributed by atoms with Gasteiger partial charge >= 0.3 is 6.18 Å². The molecule has 29 heavy (non-hydrogen) atoms. The number of aliphatic imine (C=N–C) groups is 1. The molecule has 0 fully saturated rings. The fourth-order valence-electron chi connectivity index (χ4n) is 2.80. The summed E-state index contributed by atoms with van der Waals surface area (Å²) in [6.07, 6.45) is -6.84. The third-order valence-electron chi connectivity index (χ3n) is 4.38. The van der Waals surface area contributed by atoms with Crippen molar-refractivity contribution in [1.29, 1.82) is 0 Å². The minimum Gasteiger partial charge on any atom is -0.361 e. The Morgan fingerprint density at radius 3 is 2.07 bits per heavy atom. The molecule has 0 bridgehead atoms. The van der Waals surface area contributed by atoms with Crippen molar-refractivity contribution in [3.05, 3.63) is 59.7 Å². The van der Waals surface area contributed by atoms with Crippen LogP contribution in [0.25, 0.3) is 0 Å². The van der Waals surface area contributed by atoms with Crippen LogP contribution in [-0.2, 0) is 9.84 Å². The van der Waals surface area contributed by atoms with Gasteiger partial charge in [0, 0.05) is 23.1 Å². The summed E-state index contributed by atoms with van der Waals surface area (Å²) < 4.78 is 88.7. The van der Waals surface area contributed by atoms with Crippen LogP contribution in [0.2, 0.25) is 0 Å². The Hall–Kier alpha value is -2.53. The number of sulfone groups is 1. The summed E-state index contributed by atoms with van der Waals surface area (Å²) in [4.78, 5) is 4.44. The zero-order valence-corrected chi connectivity index (χ0v) is 15.7. The number of aliphatic hydroxyl groups is 1. The lowest BCUT2D eigenvalue weighted by Crippen LogP contribution is -2.47. The highest BCUT2D eigenvalue weighted by Crippen LogP contribution is 2.39. The van der Waals surface area contributed by atoms with Crippen LogP contribution in [0.1, 0.15) is 17.6 Å². The van der Waals surface area contributed by atoms with Crippen molar-refractivity contribution < 1.29 is 35.5 Å². The van der Waals surface area contributed by atoms with Gasteiger partial charge in [-0.05, 0) is 36.4 Å². The van der Waals surface area contributed by atoms with E-state index in [0.717, 1.165) is 23.3 Å². The predicted octanol–water partition coefficient (Wildman–Crippen LogP) is 3.55. The molecule has 1 aliphatic rings. The molecule has 0 radical (unpaired) electrons. The molecule has 0 amide bonds. The molecule has 0 saturated heterocycles. The van der Waals surface area contributed by atoms with Crippen LogP contribution in [0.15, 0.2) is 58.4 Å². The molecular weight excluding hydrogens is 419 g/mol. The maximum Gasteiger partial charge on any atom is 0.440 e. The molecule has 0 aromatic heterocycles. The zero-order valence-electron chi connectivity index (χ0n) is 14.9. The van der Waals surface area contributed by atoms with E-state index < -0.39 is 34.7 Å². The molecule has 1 aliphatic heterocycles. The third kappa shape index (κ3) is 4.10. The third-order valence-corrected chi connectivity index (χ3v) is 5.50. The fraction of sp³-hybridized carbons (Fsp3) is 0.278. The maximum absolute atomic E-state index is 13.4. The van der Waals surface area contributed by atoms with Crippen LogP contribution < -0.4 is 4.90 Å². The summed E-state index contributed by atoms with van der Waals surface area (Å²) in [5.41, 5.74) is -3.48. The molecule has 1 atom stereocenters. The molecular formula is C18H15F5N2O3S. The van der Waals surface area contributed by atoms with Gasteiger partial charge in [0.2, 0.25) is 0 Å². The van der Waals surface area contributed by atoms with Crippen molar-refractivity contribution in [2.24, 2.45) is 4.99 Å². The quantitative estimate of drug-likeness (QED) is 0.748. The smallest absolute Gasteiger partial charge is 0.361 e. The van der Waals surface area contributed by atoms with Crippen molar-refractivity contribution in [3.63, 3.8) is 0 Å². The average molecular weight is 434 g/mol. The molecule has 3 rings (SSSR count). The highest BCUT2D eigenvalue weighted by atomic mass is 32.2. The van der Waals surface area contributed by atoms with Crippen LogP contribution in [0.3, 0.4) is 0 Å². The van der Waals surface area contributed by atoms with Crippen molar-refractivity contribution in [2.45, 2.75) is 23.2 Å². The maximum atomic E-state index is 13.4. The first-order valence-electron chi connectivity index (χ1n) is 8.17. The van der Waals surface area contributed by atoms with E-state index in [4.69, 9.17) is 0 Å². The van der Waals surface area contributed by atoms with Gasteiger partial charge in [0.1, 0.15) is 5.84 Å². The van der Waals surface area contributed by atoms with Gasteiger partial charge in [-0.15, -0.1) is 0 Å². The normalized spacial score (nSPS) is 20.3. The Morgan fingerprint density at radius 1 is 1.07 bits per heavy atom. The molecule has 0 spiro atoms. The predicted molar refractivity (Wildman–Crippen MR) is 95.8 cm³/mol. The summed E-state index contributed by atoms with van der Waals surface area (Å²) in [7, 11) is -3.52. The minimum atomic E-state index is -5.08. The summed E-state index contributed by atoms with van der Waals surface area (Å²) in [6, 6.07) is 9.46. The molecule has 1 unspecified atom stereocenters. The Morgan fingerprint density at radius 2 is 1.62 bits per heavy atom. The lowest BCUT2D eigenvalue weighted by atomic mass is 10.1. The van der Waals surface area contributed by atoms with E-state index in [0.29, 0.717) is 0 Å². The van der Waals surface area contributed by atoms with Crippen LogP contribution in [0.5, 0.6) is 0 Å². The first-order valence-corrected chi connectivity index (χ1v) is 10.1. The van der Waals surface area contributed by atoms with Crippen molar-refractivity contribution >= 4 is 21.4 Å². The topological polar surface area (TPSA) is 70.0 Å². The van der Waals surface area contributed by atoms with Crippen molar-refractivity contribution in [2.75, 3.05) is 17.7 Å². The first kappa shape index (κ1) is 21.2. The van der Waals surface area contributed by atoms with E-state index >= 15 is 0 Å². The van der Waals surface area contributed by atoms with Gasteiger partial charge in [0.25, 0.3) is 12.2 Å². The van der Waals surface area contributed by atoms with E-state index in [1.807, 2.05) is 0 Å². The molecule has 1 N–H and O–H groups in total. The number of rotatable bonds is 4. The number of halogens is 5. The molecule has 0 aliphatic carbocycles. The number of nitrogens with zero attached hydrogens (tertiary/aromatic N) is 2. The molecule has 1 heterocycles. The molecule has 2 aromatic carbocycles. The van der Waals surface area contributed by atoms with E-state index in [1.54, 1.807) is 0 Å². The molecule has 11 heteroatoms. The fourth-order valence-corrected chi connectivity index (χ4v) is 3.43. The van der Waals surface area contributed by atoms with Gasteiger partial charge in [-0.25, -0.2) is 22.2 Å². The van der Waals surface area contributed by atoms with E-state index in [2.05, 4.69) is 4.99 Å². The van der Waals surface area contributed by atoms with Crippen LogP contribution >= 0.6 is 0 Å². The monoisotopic (exact) mass is 434 g/mol. The van der Waals surface area contributed by atoms with E-state index in [9.17, 15) is 35.5 Å². The van der Waals surface area contributed by atoms with E-state index in [-0.39, 0.29) is 27.5 Å². The van der Waals surface area contributed by atoms with E-state index in [1.165, 1.54) is 36.4 Å². The second-order valence-corrected chi connectivity index (χ2v) is 8.54. The number of hydrogen-bond donors (Lipinski definition) is 1. The van der Waals surface area contributed by atoms with Gasteiger partial charge in [-0.3, -0.25) is 0 Å². The zero-order chi connectivity index (χ0) is 21.6. The standard InChI is InChI=1S/C18H15F5N2O3S/c1-29(27,28)14-8-4-12(5-9-14)16-24-17(26,18(21,22)23)10-25(16)13-6-2-11(3-7-13)15(19)20/h2-9,15,26H,10H2,1H3. The number of β-amino-alcohol motifs (C(OH)–C–C–N with tert-alkyl or cyclic N) is 1. The van der Waals surface area contributed by atoms with Gasteiger partial charge in [0.05, 0.1) is 11.4 Å². The van der Waals surface area contributed by atoms with Crippen LogP contribution in [0, 0.1) is 0 Å². The summed E-state index contributed by atoms with van der Waals surface area (Å²) in [5, 5.41) is 10.0. The number of hydrogen-bond acceptors (Lipinski definition) is 5. The SMILES string of the molecule is CS(=O)(=O)c1ccc(C2=NC(O)(C(F)(F)F)CN2c2ccc(C(F)F)cc2)cc1. The Kier molecular flexibility index (Phi) is 5.16. The minimum absolute atomic E-state index is 0.0428. The molecule has 2 aromatic rings. The Balaban J connectivity index is 2.06. The lowest BCUT2D eigenvalue weighted by molar-refractivity contribution is -0.249. The van der Waals surface area contributed by atoms with Crippen LogP contribution in [-0.4, -0.2) is 44.1 Å². The summed E-state index contributed by atoms with van der Waals surface area (Å²) in [6.45, 7) is -0.978. The highest BCUT2D eigenvalue weighted by molar-refractivity contribution is 7.90. The van der Waals surface area contributed by atoms with Crippen LogP contribution in [0.4, 0.5) is 27.6 Å². The average Bonchev–Trinajstić information content (AvgIpc) is 3.00. The number of anilines is 1. The molecule has 0 saturated carbocycles. The summed E-state index contributed by atoms with van der Waals surface area (Å²) in [5.74, 6) is -0.269. The summed E-state index contributed by atoms with van der Waals surface area (Å²) >= 11 is 0. The first-order chi connectivity index (χ1) is 13.3. The second-order valence-electron chi connectivity index (χ2n) is 6.52. The second kappa shape index (κ2) is 7.06. The Labute approximate surface area is 163 Å². The van der Waals surface area contributed by atoms with Crippen molar-refractivity contribution in [1.82, 2.24) is 0 Å². The molecule has 156 valence electrons. The highest BCUT2D eigenvalue weighted by Gasteiger charge is 2.58. The largest absolute Gasteiger partial charge is 0.440 e. The number of alkyl halides is 5. The van der Waals surface area contributed by atoms with Gasteiger partial charge in [0.15, 0.2) is 9.84 Å². The number of benzene rings is 2. The van der Waals surface area contributed by atoms with Gasteiger partial charge in [-0.2, -0.15) is 13.2 Å². The van der Waals surface area contributed by atoms with Gasteiger partial charge in [-0.1, -0.05) is 12.1 Å². The lowest BCUT2D eigenvalue weighted by Gasteiger charge is -2.25. The molecule has 5 nitrogen and oxygen atoms in total. The van der Waals surface area contributed by atoms with Crippen molar-refractivity contribution in [3.8, 4) is 0 Å². The number of amidine groups is 1.